The van der Waals surface area contributed by atoms with Gasteiger partial charge in [0, 0.05) is 6.54 Å². The quantitative estimate of drug-likeness (QED) is 0.787. The Balaban J connectivity index is 2.98. The Morgan fingerprint density at radius 1 is 1.20 bits per heavy atom. The van der Waals surface area contributed by atoms with E-state index < -0.39 is 7.72 Å². The third kappa shape index (κ3) is 2.76. The first-order valence-corrected chi connectivity index (χ1v) is 7.04. The first-order valence-electron chi connectivity index (χ1n) is 4.90. The van der Waals surface area contributed by atoms with E-state index >= 15 is 0 Å². The van der Waals surface area contributed by atoms with Gasteiger partial charge < -0.3 is 5.73 Å². The molecule has 15 heavy (non-hydrogen) atoms. The second-order valence-electron chi connectivity index (χ2n) is 3.44. The highest BCUT2D eigenvalue weighted by molar-refractivity contribution is 7.66. The maximum absolute atomic E-state index is 5.81. The molecule has 0 aromatic heterocycles. The Bertz CT molecular complexity index is 288. The molecule has 2 N–H and O–H groups in total. The Hall–Kier alpha value is -0.470. The molecule has 0 saturated carbocycles. The Morgan fingerprint density at radius 3 is 2.13 bits per heavy atom. The van der Waals surface area contributed by atoms with E-state index in [1.54, 1.807) is 14.2 Å². The van der Waals surface area contributed by atoms with Crippen molar-refractivity contribution in [3.8, 4) is 0 Å². The molecule has 1 unspecified atom stereocenters. The molecule has 0 saturated heterocycles. The highest BCUT2D eigenvalue weighted by Gasteiger charge is 2.44. The van der Waals surface area contributed by atoms with Crippen molar-refractivity contribution in [1.29, 1.82) is 0 Å². The van der Waals surface area contributed by atoms with Gasteiger partial charge in [-0.1, -0.05) is 30.3 Å². The van der Waals surface area contributed by atoms with Crippen molar-refractivity contribution in [3.63, 3.8) is 0 Å². The monoisotopic (exact) mass is 228 g/mol. The molecule has 0 aliphatic rings. The Kier molecular flexibility index (Phi) is 4.68. The molecule has 0 spiro atoms. The van der Waals surface area contributed by atoms with Gasteiger partial charge in [0.05, 0.1) is 14.2 Å². The number of hydrogen-bond donors (Lipinski definition) is 1. The fourth-order valence-corrected chi connectivity index (χ4v) is 3.36. The van der Waals surface area contributed by atoms with Gasteiger partial charge in [0.25, 0.3) is 7.72 Å². The average Bonchev–Trinajstić information content (AvgIpc) is 2.31. The molecule has 1 atom stereocenters. The van der Waals surface area contributed by atoms with E-state index in [0.717, 1.165) is 0 Å². The Morgan fingerprint density at radius 2 is 1.73 bits per heavy atom. The minimum atomic E-state index is -1.89. The fraction of sp³-hybridized carbons (Fsp3) is 0.455. The van der Waals surface area contributed by atoms with Gasteiger partial charge in [0.15, 0.2) is 5.66 Å². The highest BCUT2D eigenvalue weighted by atomic mass is 31.2. The second kappa shape index (κ2) is 5.57. The van der Waals surface area contributed by atoms with E-state index in [1.807, 2.05) is 24.9 Å². The third-order valence-corrected chi connectivity index (χ3v) is 5.79. The summed E-state index contributed by atoms with van der Waals surface area (Å²) in [5, 5.41) is 0. The molecule has 1 rings (SSSR count). The molecule has 84 valence electrons. The maximum Gasteiger partial charge on any atom is 0.279 e. The highest BCUT2D eigenvalue weighted by Crippen LogP contribution is 2.67. The predicted octanol–water partition coefficient (Wildman–Crippen LogP) is 2.46. The van der Waals surface area contributed by atoms with Crippen LogP contribution < -0.4 is 5.73 Å². The topological polar surface area (TPSA) is 44.5 Å². The van der Waals surface area contributed by atoms with Crippen LogP contribution >= 0.6 is 7.72 Å². The van der Waals surface area contributed by atoms with Gasteiger partial charge in [-0.2, -0.15) is 0 Å². The largest absolute Gasteiger partial charge is 0.326 e. The summed E-state index contributed by atoms with van der Waals surface area (Å²) in [5.41, 5.74) is 7.14. The smallest absolute Gasteiger partial charge is 0.279 e. The molecular weight excluding hydrogens is 209 g/mol. The molecule has 1 aromatic carbocycles. The lowest BCUT2D eigenvalue weighted by Crippen LogP contribution is -2.17. The molecular formula is C11H19NO2P+. The molecule has 0 bridgehead atoms. The van der Waals surface area contributed by atoms with Gasteiger partial charge in [-0.25, -0.2) is 9.05 Å². The van der Waals surface area contributed by atoms with Crippen molar-refractivity contribution < 1.29 is 9.05 Å². The van der Waals surface area contributed by atoms with Crippen LogP contribution in [-0.2, 0) is 9.05 Å². The second-order valence-corrected chi connectivity index (χ2v) is 6.61. The molecule has 3 nitrogen and oxygen atoms in total. The molecule has 0 aliphatic heterocycles. The van der Waals surface area contributed by atoms with Crippen LogP contribution in [0.4, 0.5) is 0 Å². The van der Waals surface area contributed by atoms with Crippen LogP contribution in [0, 0.1) is 0 Å². The number of nitrogens with two attached hydrogens (primary N) is 1. The molecule has 0 fully saturated rings. The van der Waals surface area contributed by atoms with E-state index in [-0.39, 0.29) is 5.66 Å². The lowest BCUT2D eigenvalue weighted by Gasteiger charge is -2.24. The van der Waals surface area contributed by atoms with E-state index in [9.17, 15) is 0 Å². The number of hydrogen-bond acceptors (Lipinski definition) is 3. The van der Waals surface area contributed by atoms with Crippen LogP contribution in [0.5, 0.6) is 0 Å². The van der Waals surface area contributed by atoms with Crippen LogP contribution in [-0.4, -0.2) is 27.4 Å². The summed E-state index contributed by atoms with van der Waals surface area (Å²) in [6, 6.07) is 10.1. The van der Waals surface area contributed by atoms with Gasteiger partial charge >= 0.3 is 0 Å². The molecule has 1 aromatic rings. The number of benzene rings is 1. The van der Waals surface area contributed by atoms with E-state index in [4.69, 9.17) is 14.8 Å². The molecule has 0 radical (unpaired) electrons. The summed E-state index contributed by atoms with van der Waals surface area (Å²) in [5.74, 6) is 0. The molecule has 0 heterocycles. The molecule has 4 heteroatoms. The first kappa shape index (κ1) is 12.6. The van der Waals surface area contributed by atoms with E-state index in [0.29, 0.717) is 6.54 Å². The van der Waals surface area contributed by atoms with Gasteiger partial charge in [-0.3, -0.25) is 0 Å². The first-order chi connectivity index (χ1) is 7.18. The van der Waals surface area contributed by atoms with Crippen LogP contribution in [0.2, 0.25) is 0 Å². The standard InChI is InChI=1S/C11H19NO2P/c1-13-15(3,14-2)11(9-12)10-7-5-4-6-8-10/h4-8,11H,9,12H2,1-3H3/q+1. The summed E-state index contributed by atoms with van der Waals surface area (Å²) in [6.07, 6.45) is 0. The minimum Gasteiger partial charge on any atom is -0.326 e. The SMILES string of the molecule is CO[P+](C)(OC)C(CN)c1ccccc1. The normalized spacial score (nSPS) is 13.9. The van der Waals surface area contributed by atoms with Crippen LogP contribution in [0.25, 0.3) is 0 Å². The van der Waals surface area contributed by atoms with Crippen LogP contribution in [0.1, 0.15) is 11.2 Å². The summed E-state index contributed by atoms with van der Waals surface area (Å²) >= 11 is 0. The lowest BCUT2D eigenvalue weighted by atomic mass is 10.1. The minimum absolute atomic E-state index is 0.147. The van der Waals surface area contributed by atoms with Gasteiger partial charge in [-0.15, -0.1) is 0 Å². The van der Waals surface area contributed by atoms with Gasteiger partial charge in [0.1, 0.15) is 6.66 Å². The van der Waals surface area contributed by atoms with Crippen LogP contribution in [0.15, 0.2) is 30.3 Å². The lowest BCUT2D eigenvalue weighted by molar-refractivity contribution is 0.311. The Labute approximate surface area is 92.1 Å². The maximum atomic E-state index is 5.81. The average molecular weight is 228 g/mol. The summed E-state index contributed by atoms with van der Waals surface area (Å²) in [4.78, 5) is 0. The summed E-state index contributed by atoms with van der Waals surface area (Å²) in [7, 11) is 1.48. The van der Waals surface area contributed by atoms with E-state index in [2.05, 4.69) is 12.1 Å². The van der Waals surface area contributed by atoms with Crippen molar-refractivity contribution >= 4 is 7.72 Å². The van der Waals surface area contributed by atoms with Crippen molar-refractivity contribution in [2.24, 2.45) is 5.73 Å². The molecule has 0 amide bonds. The summed E-state index contributed by atoms with van der Waals surface area (Å²) in [6.45, 7) is 2.55. The van der Waals surface area contributed by atoms with Crippen molar-refractivity contribution in [2.45, 2.75) is 5.66 Å². The zero-order chi connectivity index (χ0) is 11.3. The third-order valence-electron chi connectivity index (χ3n) is 2.70. The van der Waals surface area contributed by atoms with Crippen molar-refractivity contribution in [3.05, 3.63) is 35.9 Å². The fourth-order valence-electron chi connectivity index (χ4n) is 1.60. The molecule has 0 aliphatic carbocycles. The van der Waals surface area contributed by atoms with E-state index in [1.165, 1.54) is 5.56 Å². The summed E-state index contributed by atoms with van der Waals surface area (Å²) < 4.78 is 11.0. The zero-order valence-electron chi connectivity index (χ0n) is 9.51. The van der Waals surface area contributed by atoms with Gasteiger partial charge in [-0.05, 0) is 5.56 Å². The number of rotatable bonds is 5. The van der Waals surface area contributed by atoms with Gasteiger partial charge in [0.2, 0.25) is 0 Å². The van der Waals surface area contributed by atoms with Crippen LogP contribution in [0.3, 0.4) is 0 Å². The zero-order valence-corrected chi connectivity index (χ0v) is 10.4. The van der Waals surface area contributed by atoms with Crippen molar-refractivity contribution in [1.82, 2.24) is 0 Å². The van der Waals surface area contributed by atoms with Crippen molar-refractivity contribution in [2.75, 3.05) is 27.4 Å². The predicted molar refractivity (Wildman–Crippen MR) is 65.1 cm³/mol.